The van der Waals surface area contributed by atoms with Gasteiger partial charge < -0.3 is 10.5 Å². The van der Waals surface area contributed by atoms with Gasteiger partial charge in [-0.05, 0) is 20.3 Å². The Hall–Kier alpha value is -0.340. The molecule has 0 heterocycles. The van der Waals surface area contributed by atoms with Gasteiger partial charge in [-0.2, -0.15) is 0 Å². The Bertz CT molecular complexity index is 117. The second kappa shape index (κ2) is 6.38. The molecule has 2 heteroatoms. The first kappa shape index (κ1) is 10.7. The van der Waals surface area contributed by atoms with Crippen LogP contribution in [0.1, 0.15) is 27.2 Å². The van der Waals surface area contributed by atoms with Crippen molar-refractivity contribution in [1.82, 2.24) is 0 Å². The van der Waals surface area contributed by atoms with E-state index in [0.29, 0.717) is 6.61 Å². The maximum atomic E-state index is 5.71. The molecule has 0 fully saturated rings. The third-order valence-corrected chi connectivity index (χ3v) is 1.21. The van der Waals surface area contributed by atoms with Crippen molar-refractivity contribution in [3.05, 3.63) is 11.6 Å². The van der Waals surface area contributed by atoms with Gasteiger partial charge in [-0.25, -0.2) is 0 Å². The SMILES string of the molecule is CCCOCC(N)C=C(C)C. The molecule has 1 unspecified atom stereocenters. The summed E-state index contributed by atoms with van der Waals surface area (Å²) in [6.45, 7) is 7.62. The summed E-state index contributed by atoms with van der Waals surface area (Å²) in [5.41, 5.74) is 6.96. The van der Waals surface area contributed by atoms with Gasteiger partial charge >= 0.3 is 0 Å². The van der Waals surface area contributed by atoms with Gasteiger partial charge in [0.2, 0.25) is 0 Å². The molecule has 0 aliphatic carbocycles. The smallest absolute Gasteiger partial charge is 0.0653 e. The Morgan fingerprint density at radius 2 is 2.18 bits per heavy atom. The lowest BCUT2D eigenvalue weighted by atomic mass is 10.2. The molecule has 66 valence electrons. The molecule has 0 saturated heterocycles. The van der Waals surface area contributed by atoms with E-state index >= 15 is 0 Å². The van der Waals surface area contributed by atoms with Crippen LogP contribution in [0.15, 0.2) is 11.6 Å². The van der Waals surface area contributed by atoms with Crippen molar-refractivity contribution >= 4 is 0 Å². The predicted octanol–water partition coefficient (Wildman–Crippen LogP) is 1.71. The quantitative estimate of drug-likeness (QED) is 0.487. The molecule has 0 aromatic heterocycles. The van der Waals surface area contributed by atoms with Crippen molar-refractivity contribution in [2.75, 3.05) is 13.2 Å². The Morgan fingerprint density at radius 3 is 2.64 bits per heavy atom. The first-order valence-electron chi connectivity index (χ1n) is 4.15. The number of ether oxygens (including phenoxy) is 1. The zero-order chi connectivity index (χ0) is 8.69. The Kier molecular flexibility index (Phi) is 6.18. The van der Waals surface area contributed by atoms with Crippen LogP contribution in [-0.2, 0) is 4.74 Å². The van der Waals surface area contributed by atoms with Crippen LogP contribution in [0, 0.1) is 0 Å². The van der Waals surface area contributed by atoms with Gasteiger partial charge in [0, 0.05) is 12.6 Å². The molecular weight excluding hydrogens is 138 g/mol. The second-order valence-corrected chi connectivity index (χ2v) is 2.98. The molecule has 0 aromatic carbocycles. The highest BCUT2D eigenvalue weighted by molar-refractivity contribution is 4.99. The first-order chi connectivity index (χ1) is 5.16. The molecule has 2 N–H and O–H groups in total. The average molecular weight is 157 g/mol. The van der Waals surface area contributed by atoms with E-state index in [4.69, 9.17) is 10.5 Å². The largest absolute Gasteiger partial charge is 0.380 e. The maximum Gasteiger partial charge on any atom is 0.0653 e. The minimum Gasteiger partial charge on any atom is -0.380 e. The molecule has 0 spiro atoms. The lowest BCUT2D eigenvalue weighted by molar-refractivity contribution is 0.130. The van der Waals surface area contributed by atoms with E-state index < -0.39 is 0 Å². The van der Waals surface area contributed by atoms with Crippen molar-refractivity contribution in [3.8, 4) is 0 Å². The van der Waals surface area contributed by atoms with Gasteiger partial charge in [-0.15, -0.1) is 0 Å². The number of rotatable bonds is 5. The molecule has 0 radical (unpaired) electrons. The second-order valence-electron chi connectivity index (χ2n) is 2.98. The van der Waals surface area contributed by atoms with Crippen LogP contribution in [0.3, 0.4) is 0 Å². The fourth-order valence-electron chi connectivity index (χ4n) is 0.840. The zero-order valence-corrected chi connectivity index (χ0v) is 7.76. The van der Waals surface area contributed by atoms with E-state index in [-0.39, 0.29) is 6.04 Å². The van der Waals surface area contributed by atoms with Gasteiger partial charge in [0.25, 0.3) is 0 Å². The predicted molar refractivity (Wildman–Crippen MR) is 48.5 cm³/mol. The summed E-state index contributed by atoms with van der Waals surface area (Å²) in [5.74, 6) is 0. The van der Waals surface area contributed by atoms with Crippen LogP contribution >= 0.6 is 0 Å². The lowest BCUT2D eigenvalue weighted by Crippen LogP contribution is -2.24. The van der Waals surface area contributed by atoms with E-state index in [0.717, 1.165) is 13.0 Å². The summed E-state index contributed by atoms with van der Waals surface area (Å²) in [6, 6.07) is 0.0616. The van der Waals surface area contributed by atoms with E-state index in [1.807, 2.05) is 19.9 Å². The summed E-state index contributed by atoms with van der Waals surface area (Å²) < 4.78 is 5.28. The molecule has 0 aromatic rings. The summed E-state index contributed by atoms with van der Waals surface area (Å²) in [6.07, 6.45) is 3.08. The fourth-order valence-corrected chi connectivity index (χ4v) is 0.840. The normalized spacial score (nSPS) is 12.7. The molecule has 0 saturated carbocycles. The molecule has 2 nitrogen and oxygen atoms in total. The molecule has 0 bridgehead atoms. The van der Waals surface area contributed by atoms with E-state index in [9.17, 15) is 0 Å². The Balaban J connectivity index is 3.37. The molecule has 0 aliphatic rings. The lowest BCUT2D eigenvalue weighted by Gasteiger charge is -2.07. The number of hydrogen-bond donors (Lipinski definition) is 1. The molecule has 0 aliphatic heterocycles. The van der Waals surface area contributed by atoms with Crippen molar-refractivity contribution < 1.29 is 4.74 Å². The highest BCUT2D eigenvalue weighted by atomic mass is 16.5. The molecule has 1 atom stereocenters. The van der Waals surface area contributed by atoms with Crippen LogP contribution in [0.4, 0.5) is 0 Å². The van der Waals surface area contributed by atoms with E-state index in [1.165, 1.54) is 5.57 Å². The van der Waals surface area contributed by atoms with Gasteiger partial charge in [0.1, 0.15) is 0 Å². The standard InChI is InChI=1S/C9H19NO/c1-4-5-11-7-9(10)6-8(2)3/h6,9H,4-5,7,10H2,1-3H3. The third-order valence-electron chi connectivity index (χ3n) is 1.21. The van der Waals surface area contributed by atoms with Crippen molar-refractivity contribution in [1.29, 1.82) is 0 Å². The first-order valence-corrected chi connectivity index (χ1v) is 4.15. The summed E-state index contributed by atoms with van der Waals surface area (Å²) in [4.78, 5) is 0. The van der Waals surface area contributed by atoms with Gasteiger partial charge in [0.05, 0.1) is 6.61 Å². The van der Waals surface area contributed by atoms with Crippen LogP contribution < -0.4 is 5.73 Å². The minimum absolute atomic E-state index is 0.0616. The fraction of sp³-hybridized carbons (Fsp3) is 0.778. The number of allylic oxidation sites excluding steroid dienone is 1. The summed E-state index contributed by atoms with van der Waals surface area (Å²) >= 11 is 0. The van der Waals surface area contributed by atoms with Gasteiger partial charge in [-0.1, -0.05) is 18.6 Å². The minimum atomic E-state index is 0.0616. The molecule has 11 heavy (non-hydrogen) atoms. The molecular formula is C9H19NO. The van der Waals surface area contributed by atoms with Crippen LogP contribution in [0.25, 0.3) is 0 Å². The van der Waals surface area contributed by atoms with Crippen LogP contribution in [-0.4, -0.2) is 19.3 Å². The maximum absolute atomic E-state index is 5.71. The molecule has 0 amide bonds. The average Bonchev–Trinajstić information content (AvgIpc) is 1.86. The zero-order valence-electron chi connectivity index (χ0n) is 7.76. The highest BCUT2D eigenvalue weighted by Gasteiger charge is 1.96. The van der Waals surface area contributed by atoms with E-state index in [1.54, 1.807) is 0 Å². The van der Waals surface area contributed by atoms with Gasteiger partial charge in [0.15, 0.2) is 0 Å². The van der Waals surface area contributed by atoms with Crippen LogP contribution in [0.2, 0.25) is 0 Å². The Labute approximate surface area is 69.4 Å². The van der Waals surface area contributed by atoms with Gasteiger partial charge in [-0.3, -0.25) is 0 Å². The molecule has 0 rings (SSSR count). The summed E-state index contributed by atoms with van der Waals surface area (Å²) in [5, 5.41) is 0. The number of hydrogen-bond acceptors (Lipinski definition) is 2. The van der Waals surface area contributed by atoms with Crippen molar-refractivity contribution in [2.24, 2.45) is 5.73 Å². The van der Waals surface area contributed by atoms with Crippen molar-refractivity contribution in [2.45, 2.75) is 33.2 Å². The highest BCUT2D eigenvalue weighted by Crippen LogP contribution is 1.93. The Morgan fingerprint density at radius 1 is 1.55 bits per heavy atom. The topological polar surface area (TPSA) is 35.2 Å². The van der Waals surface area contributed by atoms with Crippen molar-refractivity contribution in [3.63, 3.8) is 0 Å². The third kappa shape index (κ3) is 7.56. The number of nitrogens with two attached hydrogens (primary N) is 1. The monoisotopic (exact) mass is 157 g/mol. The van der Waals surface area contributed by atoms with E-state index in [2.05, 4.69) is 6.92 Å². The summed E-state index contributed by atoms with van der Waals surface area (Å²) in [7, 11) is 0. The van der Waals surface area contributed by atoms with Crippen LogP contribution in [0.5, 0.6) is 0 Å².